The van der Waals surface area contributed by atoms with Crippen molar-refractivity contribution in [1.82, 2.24) is 4.90 Å². The molecule has 1 rings (SSSR count). The maximum Gasteiger partial charge on any atom is 0.200 e. The standard InChI is InChI=1S/C18H24N2O5/c1-10-13(22)8-7-12(6-5-9-20(3)4)15(19)14(16(10)23)18(25)17(24)11(2)21/h7-8,12,15,17,22-24H,9,19H2,1-4H3/b8-7-,13-10-,16-14?/t12-,15?,17?/m0/s1. The van der Waals surface area contributed by atoms with Crippen LogP contribution in [0.2, 0.25) is 0 Å². The predicted octanol–water partition coefficient (Wildman–Crippen LogP) is 0.228. The molecule has 0 aromatic heterocycles. The molecule has 3 atom stereocenters. The molecule has 0 amide bonds. The van der Waals surface area contributed by atoms with Crippen molar-refractivity contribution < 1.29 is 24.9 Å². The number of ketones is 2. The summed E-state index contributed by atoms with van der Waals surface area (Å²) in [7, 11) is 3.68. The summed E-state index contributed by atoms with van der Waals surface area (Å²) in [6, 6.07) is -1.07. The maximum absolute atomic E-state index is 12.5. The van der Waals surface area contributed by atoms with Gasteiger partial charge in [0.2, 0.25) is 0 Å². The van der Waals surface area contributed by atoms with E-state index in [0.717, 1.165) is 6.92 Å². The monoisotopic (exact) mass is 348 g/mol. The third-order valence-electron chi connectivity index (χ3n) is 3.74. The Balaban J connectivity index is 3.44. The second-order valence-electron chi connectivity index (χ2n) is 6.12. The normalized spacial score (nSPS) is 26.4. The lowest BCUT2D eigenvalue weighted by atomic mass is 9.85. The van der Waals surface area contributed by atoms with Crippen LogP contribution in [-0.2, 0) is 9.59 Å². The van der Waals surface area contributed by atoms with Gasteiger partial charge in [0.15, 0.2) is 17.7 Å². The Kier molecular flexibility index (Phi) is 7.12. The molecular formula is C18H24N2O5. The molecule has 7 nitrogen and oxygen atoms in total. The fourth-order valence-electron chi connectivity index (χ4n) is 2.17. The summed E-state index contributed by atoms with van der Waals surface area (Å²) in [5.74, 6) is 2.48. The van der Waals surface area contributed by atoms with Crippen LogP contribution in [0.5, 0.6) is 0 Å². The van der Waals surface area contributed by atoms with Gasteiger partial charge in [0.05, 0.1) is 24.1 Å². The van der Waals surface area contributed by atoms with Gasteiger partial charge in [0, 0.05) is 5.57 Å². The van der Waals surface area contributed by atoms with Crippen LogP contribution in [0.4, 0.5) is 0 Å². The van der Waals surface area contributed by atoms with E-state index < -0.39 is 35.4 Å². The molecule has 2 unspecified atom stereocenters. The molecule has 0 aromatic carbocycles. The summed E-state index contributed by atoms with van der Waals surface area (Å²) in [6.45, 7) is 2.91. The molecule has 25 heavy (non-hydrogen) atoms. The topological polar surface area (TPSA) is 124 Å². The van der Waals surface area contributed by atoms with Crippen LogP contribution in [0.25, 0.3) is 0 Å². The van der Waals surface area contributed by atoms with Crippen molar-refractivity contribution in [1.29, 1.82) is 0 Å². The molecule has 0 heterocycles. The molecule has 0 saturated heterocycles. The van der Waals surface area contributed by atoms with Gasteiger partial charge in [-0.05, 0) is 34.0 Å². The largest absolute Gasteiger partial charge is 0.508 e. The first-order valence-corrected chi connectivity index (χ1v) is 7.70. The predicted molar refractivity (Wildman–Crippen MR) is 93.6 cm³/mol. The van der Waals surface area contributed by atoms with Crippen molar-refractivity contribution in [2.75, 3.05) is 20.6 Å². The van der Waals surface area contributed by atoms with Crippen molar-refractivity contribution in [3.05, 3.63) is 34.8 Å². The molecule has 1 aliphatic carbocycles. The number of nitrogens with zero attached hydrogens (tertiary/aromatic N) is 1. The van der Waals surface area contributed by atoms with Crippen LogP contribution in [0.1, 0.15) is 13.8 Å². The molecule has 1 aliphatic rings. The second kappa shape index (κ2) is 8.62. The second-order valence-corrected chi connectivity index (χ2v) is 6.12. The molecule has 0 bridgehead atoms. The lowest BCUT2D eigenvalue weighted by Gasteiger charge is -2.24. The summed E-state index contributed by atoms with van der Waals surface area (Å²) in [4.78, 5) is 25.6. The van der Waals surface area contributed by atoms with Crippen LogP contribution in [-0.4, -0.2) is 64.6 Å². The highest BCUT2D eigenvalue weighted by Crippen LogP contribution is 2.26. The van der Waals surface area contributed by atoms with Gasteiger partial charge in [-0.2, -0.15) is 0 Å². The van der Waals surface area contributed by atoms with E-state index in [0.29, 0.717) is 6.54 Å². The smallest absolute Gasteiger partial charge is 0.200 e. The summed E-state index contributed by atoms with van der Waals surface area (Å²) in [5, 5.41) is 30.1. The first kappa shape index (κ1) is 20.6. The number of aliphatic hydroxyl groups is 3. The number of hydrogen-bond acceptors (Lipinski definition) is 7. The highest BCUT2D eigenvalue weighted by atomic mass is 16.3. The average molecular weight is 348 g/mol. The Morgan fingerprint density at radius 2 is 1.96 bits per heavy atom. The van der Waals surface area contributed by atoms with Crippen LogP contribution < -0.4 is 5.73 Å². The number of aliphatic hydroxyl groups excluding tert-OH is 3. The minimum absolute atomic E-state index is 0.0190. The van der Waals surface area contributed by atoms with E-state index >= 15 is 0 Å². The third-order valence-corrected chi connectivity index (χ3v) is 3.74. The zero-order chi connectivity index (χ0) is 19.3. The van der Waals surface area contributed by atoms with Gasteiger partial charge in [0.1, 0.15) is 11.5 Å². The van der Waals surface area contributed by atoms with Gasteiger partial charge in [-0.25, -0.2) is 0 Å². The quantitative estimate of drug-likeness (QED) is 0.423. The Bertz CT molecular complexity index is 707. The summed E-state index contributed by atoms with van der Waals surface area (Å²) in [6.07, 6.45) is 0.937. The van der Waals surface area contributed by atoms with Crippen LogP contribution in [0, 0.1) is 17.8 Å². The number of Topliss-reactive ketones (excluding diaryl/α,β-unsaturated/α-hetero) is 2. The Labute approximate surface area is 147 Å². The van der Waals surface area contributed by atoms with Gasteiger partial charge < -0.3 is 21.1 Å². The highest BCUT2D eigenvalue weighted by Gasteiger charge is 2.34. The Morgan fingerprint density at radius 3 is 2.48 bits per heavy atom. The van der Waals surface area contributed by atoms with Crippen LogP contribution in [0.3, 0.4) is 0 Å². The lowest BCUT2D eigenvalue weighted by molar-refractivity contribution is -0.135. The van der Waals surface area contributed by atoms with Gasteiger partial charge in [-0.3, -0.25) is 14.5 Å². The molecule has 0 saturated carbocycles. The number of carbonyl (C=O) groups is 2. The van der Waals surface area contributed by atoms with E-state index in [-0.39, 0.29) is 16.9 Å². The number of rotatable bonds is 4. The van der Waals surface area contributed by atoms with Gasteiger partial charge in [-0.1, -0.05) is 17.9 Å². The zero-order valence-electron chi connectivity index (χ0n) is 14.8. The summed E-state index contributed by atoms with van der Waals surface area (Å²) in [5.41, 5.74) is 5.80. The molecule has 136 valence electrons. The third kappa shape index (κ3) is 5.03. The van der Waals surface area contributed by atoms with E-state index in [1.807, 2.05) is 19.0 Å². The molecular weight excluding hydrogens is 324 g/mol. The lowest BCUT2D eigenvalue weighted by Crippen LogP contribution is -2.41. The fourth-order valence-corrected chi connectivity index (χ4v) is 2.17. The van der Waals surface area contributed by atoms with Gasteiger partial charge in [-0.15, -0.1) is 0 Å². The SMILES string of the molecule is CC(=O)C(O)C(=O)C1=C(O)/C(C)=C(O)/C=C\[C@H](C#CCN(C)C)C1N. The zero-order valence-corrected chi connectivity index (χ0v) is 14.8. The Morgan fingerprint density at radius 1 is 1.36 bits per heavy atom. The number of carbonyl (C=O) groups excluding carboxylic acids is 2. The van der Waals surface area contributed by atoms with E-state index in [9.17, 15) is 24.9 Å². The first-order chi connectivity index (χ1) is 11.6. The van der Waals surface area contributed by atoms with Gasteiger partial charge >= 0.3 is 0 Å². The minimum Gasteiger partial charge on any atom is -0.508 e. The molecule has 7 heteroatoms. The van der Waals surface area contributed by atoms with Crippen molar-refractivity contribution in [2.45, 2.75) is 26.0 Å². The molecule has 0 aromatic rings. The minimum atomic E-state index is -1.93. The van der Waals surface area contributed by atoms with E-state index in [1.165, 1.54) is 19.1 Å². The molecule has 0 aliphatic heterocycles. The first-order valence-electron chi connectivity index (χ1n) is 7.70. The van der Waals surface area contributed by atoms with Crippen molar-refractivity contribution in [2.24, 2.45) is 11.7 Å². The fraction of sp³-hybridized carbons (Fsp3) is 0.444. The summed E-state index contributed by atoms with van der Waals surface area (Å²) >= 11 is 0. The molecule has 0 spiro atoms. The van der Waals surface area contributed by atoms with Crippen LogP contribution in [0.15, 0.2) is 34.8 Å². The van der Waals surface area contributed by atoms with Crippen molar-refractivity contribution in [3.8, 4) is 11.8 Å². The summed E-state index contributed by atoms with van der Waals surface area (Å²) < 4.78 is 0. The number of allylic oxidation sites excluding steroid dienone is 2. The molecule has 0 radical (unpaired) electrons. The highest BCUT2D eigenvalue weighted by molar-refractivity contribution is 6.13. The number of hydrogen-bond donors (Lipinski definition) is 4. The number of nitrogens with two attached hydrogens (primary N) is 1. The van der Waals surface area contributed by atoms with E-state index in [2.05, 4.69) is 11.8 Å². The molecule has 5 N–H and O–H groups in total. The van der Waals surface area contributed by atoms with E-state index in [1.54, 1.807) is 0 Å². The van der Waals surface area contributed by atoms with Crippen molar-refractivity contribution in [3.63, 3.8) is 0 Å². The average Bonchev–Trinajstić information content (AvgIpc) is 2.54. The maximum atomic E-state index is 12.5. The van der Waals surface area contributed by atoms with Crippen LogP contribution >= 0.6 is 0 Å². The van der Waals surface area contributed by atoms with Crippen molar-refractivity contribution >= 4 is 11.6 Å². The molecule has 0 fully saturated rings. The Hall–Kier alpha value is -2.40. The van der Waals surface area contributed by atoms with E-state index in [4.69, 9.17) is 5.73 Å². The van der Waals surface area contributed by atoms with Gasteiger partial charge in [0.25, 0.3) is 0 Å².